The van der Waals surface area contributed by atoms with Crippen LogP contribution >= 0.6 is 35.3 Å². The number of benzene rings is 1. The Morgan fingerprint density at radius 2 is 2.00 bits per heavy atom. The predicted octanol–water partition coefficient (Wildman–Crippen LogP) is 3.91. The first-order chi connectivity index (χ1) is 13.7. The third-order valence-electron chi connectivity index (χ3n) is 4.60. The lowest BCUT2D eigenvalue weighted by Gasteiger charge is -2.13. The Labute approximate surface area is 193 Å². The number of aliphatic imine (C=N–C) groups is 1. The largest absolute Gasteiger partial charge is 0.368 e. The molecule has 0 aliphatic carbocycles. The van der Waals surface area contributed by atoms with Crippen molar-refractivity contribution in [3.05, 3.63) is 51.7 Å². The number of carbonyl (C=O) groups is 1. The van der Waals surface area contributed by atoms with E-state index in [9.17, 15) is 4.79 Å². The van der Waals surface area contributed by atoms with Crippen LogP contribution in [0.1, 0.15) is 35.1 Å². The fourth-order valence-corrected chi connectivity index (χ4v) is 3.95. The third-order valence-corrected chi connectivity index (χ3v) is 5.83. The molecule has 1 aliphatic heterocycles. The number of anilines is 1. The SMILES string of the molecule is CCc1ccc(CNC(=NC)NCc2cccc(NC(=O)C3CCCO3)c2)s1.I. The van der Waals surface area contributed by atoms with Crippen LogP contribution in [0.2, 0.25) is 0 Å². The van der Waals surface area contributed by atoms with Gasteiger partial charge >= 0.3 is 0 Å². The molecule has 1 aliphatic rings. The van der Waals surface area contributed by atoms with Crippen molar-refractivity contribution in [2.24, 2.45) is 4.99 Å². The Bertz CT molecular complexity index is 819. The molecular formula is C21H29IN4O2S. The molecule has 0 bridgehead atoms. The van der Waals surface area contributed by atoms with Crippen molar-refractivity contribution in [3.63, 3.8) is 0 Å². The van der Waals surface area contributed by atoms with E-state index in [1.54, 1.807) is 7.05 Å². The van der Waals surface area contributed by atoms with Crippen LogP contribution < -0.4 is 16.0 Å². The maximum Gasteiger partial charge on any atom is 0.253 e. The van der Waals surface area contributed by atoms with Gasteiger partial charge in [-0.3, -0.25) is 9.79 Å². The number of halogens is 1. The molecule has 1 saturated heterocycles. The second kappa shape index (κ2) is 12.1. The van der Waals surface area contributed by atoms with Crippen LogP contribution in [0.5, 0.6) is 0 Å². The molecule has 1 aromatic heterocycles. The van der Waals surface area contributed by atoms with Crippen LogP contribution in [0, 0.1) is 0 Å². The van der Waals surface area contributed by atoms with E-state index in [1.165, 1.54) is 9.75 Å². The summed E-state index contributed by atoms with van der Waals surface area (Å²) < 4.78 is 5.44. The van der Waals surface area contributed by atoms with Crippen molar-refractivity contribution < 1.29 is 9.53 Å². The summed E-state index contributed by atoms with van der Waals surface area (Å²) in [7, 11) is 1.76. The van der Waals surface area contributed by atoms with E-state index < -0.39 is 0 Å². The van der Waals surface area contributed by atoms with Gasteiger partial charge in [0.25, 0.3) is 5.91 Å². The molecule has 3 N–H and O–H groups in total. The molecule has 1 fully saturated rings. The highest BCUT2D eigenvalue weighted by atomic mass is 127. The first-order valence-electron chi connectivity index (χ1n) is 9.71. The van der Waals surface area contributed by atoms with E-state index in [1.807, 2.05) is 35.6 Å². The molecule has 1 unspecified atom stereocenters. The monoisotopic (exact) mass is 528 g/mol. The van der Waals surface area contributed by atoms with Gasteiger partial charge in [-0.2, -0.15) is 0 Å². The zero-order valence-electron chi connectivity index (χ0n) is 16.9. The number of hydrogen-bond donors (Lipinski definition) is 3. The van der Waals surface area contributed by atoms with Gasteiger partial charge < -0.3 is 20.7 Å². The molecule has 6 nitrogen and oxygen atoms in total. The third kappa shape index (κ3) is 7.27. The molecule has 3 rings (SSSR count). The topological polar surface area (TPSA) is 74.8 Å². The minimum absolute atomic E-state index is 0. The maximum atomic E-state index is 12.2. The van der Waals surface area contributed by atoms with E-state index >= 15 is 0 Å². The van der Waals surface area contributed by atoms with Gasteiger partial charge in [0.1, 0.15) is 6.10 Å². The second-order valence-electron chi connectivity index (χ2n) is 6.69. The number of guanidine groups is 1. The fourth-order valence-electron chi connectivity index (χ4n) is 3.05. The number of ether oxygens (including phenoxy) is 1. The van der Waals surface area contributed by atoms with Crippen molar-refractivity contribution in [2.45, 2.75) is 45.4 Å². The Kier molecular flexibility index (Phi) is 9.89. The van der Waals surface area contributed by atoms with Crippen LogP contribution in [-0.2, 0) is 29.0 Å². The Morgan fingerprint density at radius 3 is 2.69 bits per heavy atom. The summed E-state index contributed by atoms with van der Waals surface area (Å²) in [4.78, 5) is 19.2. The van der Waals surface area contributed by atoms with Gasteiger partial charge in [0.05, 0.1) is 6.54 Å². The molecule has 0 saturated carbocycles. The molecular weight excluding hydrogens is 499 g/mol. The molecule has 2 aromatic rings. The van der Waals surface area contributed by atoms with Crippen molar-refractivity contribution in [2.75, 3.05) is 19.0 Å². The summed E-state index contributed by atoms with van der Waals surface area (Å²) in [5.74, 6) is 0.683. The molecule has 29 heavy (non-hydrogen) atoms. The molecule has 2 heterocycles. The fraction of sp³-hybridized carbons (Fsp3) is 0.429. The van der Waals surface area contributed by atoms with E-state index in [2.05, 4.69) is 40.0 Å². The van der Waals surface area contributed by atoms with E-state index in [-0.39, 0.29) is 36.0 Å². The lowest BCUT2D eigenvalue weighted by Crippen LogP contribution is -2.36. The number of rotatable bonds is 7. The first-order valence-corrected chi connectivity index (χ1v) is 10.5. The first kappa shape index (κ1) is 23.6. The van der Waals surface area contributed by atoms with Crippen LogP contribution in [0.25, 0.3) is 0 Å². The molecule has 0 spiro atoms. The summed E-state index contributed by atoms with van der Waals surface area (Å²) in [6.45, 7) is 4.20. The Hall–Kier alpha value is -1.65. The smallest absolute Gasteiger partial charge is 0.253 e. The van der Waals surface area contributed by atoms with Gasteiger partial charge in [-0.25, -0.2) is 0 Å². The normalized spacial score (nSPS) is 16.2. The lowest BCUT2D eigenvalue weighted by atomic mass is 10.2. The van der Waals surface area contributed by atoms with Gasteiger partial charge in [0, 0.05) is 35.6 Å². The van der Waals surface area contributed by atoms with Gasteiger partial charge in [-0.15, -0.1) is 35.3 Å². The number of nitrogens with one attached hydrogen (secondary N) is 3. The van der Waals surface area contributed by atoms with E-state index in [4.69, 9.17) is 4.74 Å². The van der Waals surface area contributed by atoms with Crippen molar-refractivity contribution in [3.8, 4) is 0 Å². The van der Waals surface area contributed by atoms with Crippen LogP contribution in [0.15, 0.2) is 41.4 Å². The molecule has 158 valence electrons. The molecule has 1 amide bonds. The number of aryl methyl sites for hydroxylation is 1. The van der Waals surface area contributed by atoms with Gasteiger partial charge in [-0.05, 0) is 49.1 Å². The summed E-state index contributed by atoms with van der Waals surface area (Å²) in [6.07, 6.45) is 2.48. The molecule has 0 radical (unpaired) electrons. The number of thiophene rings is 1. The summed E-state index contributed by atoms with van der Waals surface area (Å²) >= 11 is 1.82. The zero-order valence-corrected chi connectivity index (χ0v) is 20.0. The zero-order chi connectivity index (χ0) is 19.8. The number of hydrogen-bond acceptors (Lipinski definition) is 4. The van der Waals surface area contributed by atoms with Gasteiger partial charge in [-0.1, -0.05) is 19.1 Å². The van der Waals surface area contributed by atoms with Crippen molar-refractivity contribution >= 4 is 52.9 Å². The van der Waals surface area contributed by atoms with Crippen molar-refractivity contribution in [1.29, 1.82) is 0 Å². The molecule has 8 heteroatoms. The Morgan fingerprint density at radius 1 is 1.21 bits per heavy atom. The summed E-state index contributed by atoms with van der Waals surface area (Å²) in [5.41, 5.74) is 1.85. The van der Waals surface area contributed by atoms with E-state index in [0.29, 0.717) is 13.2 Å². The quantitative estimate of drug-likeness (QED) is 0.290. The number of nitrogens with zero attached hydrogens (tertiary/aromatic N) is 1. The molecule has 1 atom stereocenters. The highest BCUT2D eigenvalue weighted by molar-refractivity contribution is 14.0. The maximum absolute atomic E-state index is 12.2. The average molecular weight is 528 g/mol. The van der Waals surface area contributed by atoms with Crippen LogP contribution in [-0.4, -0.2) is 31.6 Å². The van der Waals surface area contributed by atoms with Gasteiger partial charge in [0.15, 0.2) is 5.96 Å². The summed E-state index contributed by atoms with van der Waals surface area (Å²) in [5, 5.41) is 9.60. The highest BCUT2D eigenvalue weighted by Gasteiger charge is 2.23. The molecule has 1 aromatic carbocycles. The second-order valence-corrected chi connectivity index (χ2v) is 7.95. The van der Waals surface area contributed by atoms with Gasteiger partial charge in [0.2, 0.25) is 0 Å². The van der Waals surface area contributed by atoms with E-state index in [0.717, 1.165) is 43.0 Å². The van der Waals surface area contributed by atoms with Crippen molar-refractivity contribution in [1.82, 2.24) is 10.6 Å². The minimum Gasteiger partial charge on any atom is -0.368 e. The highest BCUT2D eigenvalue weighted by Crippen LogP contribution is 2.17. The van der Waals surface area contributed by atoms with Crippen LogP contribution in [0.3, 0.4) is 0 Å². The average Bonchev–Trinajstić information content (AvgIpc) is 3.40. The summed E-state index contributed by atoms with van der Waals surface area (Å²) in [6, 6.07) is 12.2. The lowest BCUT2D eigenvalue weighted by molar-refractivity contribution is -0.124. The number of carbonyl (C=O) groups excluding carboxylic acids is 1. The minimum atomic E-state index is -0.324. The Balaban J connectivity index is 0.00000300. The number of amides is 1. The predicted molar refractivity (Wildman–Crippen MR) is 130 cm³/mol. The van der Waals surface area contributed by atoms with Crippen LogP contribution in [0.4, 0.5) is 5.69 Å². The standard InChI is InChI=1S/C21H28N4O2S.HI/c1-3-17-9-10-18(28-17)14-24-21(22-2)23-13-15-6-4-7-16(12-15)25-20(26)19-8-5-11-27-19;/h4,6-7,9-10,12,19H,3,5,8,11,13-14H2,1-2H3,(H,25,26)(H2,22,23,24);1H.